The molecule has 0 bridgehead atoms. The maximum absolute atomic E-state index is 14.2. The molecule has 1 fully saturated rings. The van der Waals surface area contributed by atoms with E-state index in [1.54, 1.807) is 0 Å². The molecule has 4 rings (SSSR count). The zero-order valence-corrected chi connectivity index (χ0v) is 17.8. The van der Waals surface area contributed by atoms with Gasteiger partial charge in [-0.15, -0.1) is 0 Å². The summed E-state index contributed by atoms with van der Waals surface area (Å²) in [5.74, 6) is -2.02. The number of ether oxygens (including phenoxy) is 1. The van der Waals surface area contributed by atoms with E-state index in [1.165, 1.54) is 35.2 Å². The van der Waals surface area contributed by atoms with E-state index in [1.807, 2.05) is 0 Å². The molecule has 0 N–H and O–H groups in total. The van der Waals surface area contributed by atoms with Crippen molar-refractivity contribution in [2.24, 2.45) is 0 Å². The summed E-state index contributed by atoms with van der Waals surface area (Å²) < 4.78 is 33.5. The quantitative estimate of drug-likeness (QED) is 0.391. The van der Waals surface area contributed by atoms with E-state index in [-0.39, 0.29) is 33.1 Å². The van der Waals surface area contributed by atoms with Gasteiger partial charge in [-0.25, -0.2) is 13.8 Å². The summed E-state index contributed by atoms with van der Waals surface area (Å²) in [6.45, 7) is 3.88. The summed E-state index contributed by atoms with van der Waals surface area (Å²) in [6, 6.07) is 7.34. The summed E-state index contributed by atoms with van der Waals surface area (Å²) >= 11 is 1.000. The number of hydrogen-bond acceptors (Lipinski definition) is 7. The molecule has 0 unspecified atom stereocenters. The summed E-state index contributed by atoms with van der Waals surface area (Å²) in [6.07, 6.45) is 0.605. The van der Waals surface area contributed by atoms with E-state index in [2.05, 4.69) is 9.88 Å². The van der Waals surface area contributed by atoms with Gasteiger partial charge < -0.3 is 4.74 Å². The van der Waals surface area contributed by atoms with Gasteiger partial charge in [0.1, 0.15) is 11.3 Å². The molecule has 0 spiro atoms. The molecule has 1 aliphatic rings. The van der Waals surface area contributed by atoms with Gasteiger partial charge in [0.15, 0.2) is 10.9 Å². The highest BCUT2D eigenvalue weighted by atomic mass is 32.1. The smallest absolute Gasteiger partial charge is 0.270 e. The monoisotopic (exact) mass is 462 g/mol. The lowest BCUT2D eigenvalue weighted by atomic mass is 10.1. The van der Waals surface area contributed by atoms with Crippen LogP contribution in [0, 0.1) is 21.7 Å². The highest BCUT2D eigenvalue weighted by molar-refractivity contribution is 7.22. The van der Waals surface area contributed by atoms with Gasteiger partial charge in [0.2, 0.25) is 0 Å². The lowest BCUT2D eigenvalue weighted by Crippen LogP contribution is -2.39. The number of hydrogen-bond donors (Lipinski definition) is 0. The van der Waals surface area contributed by atoms with Crippen molar-refractivity contribution in [3.05, 3.63) is 63.7 Å². The second-order valence-corrected chi connectivity index (χ2v) is 8.31. The largest absolute Gasteiger partial charge is 0.379 e. The van der Waals surface area contributed by atoms with Crippen molar-refractivity contribution in [2.45, 2.75) is 6.42 Å². The average Bonchev–Trinajstić information content (AvgIpc) is 3.21. The summed E-state index contributed by atoms with van der Waals surface area (Å²) in [5, 5.41) is 11.3. The van der Waals surface area contributed by atoms with Crippen LogP contribution in [0.4, 0.5) is 19.6 Å². The first-order valence-corrected chi connectivity index (χ1v) is 10.9. The Labute approximate surface area is 186 Å². The molecule has 32 heavy (non-hydrogen) atoms. The van der Waals surface area contributed by atoms with E-state index in [0.717, 1.165) is 37.0 Å². The number of fused-ring (bicyclic) bond motifs is 1. The molecule has 0 atom stereocenters. The Kier molecular flexibility index (Phi) is 6.68. The molecule has 1 saturated heterocycles. The van der Waals surface area contributed by atoms with E-state index in [9.17, 15) is 23.7 Å². The van der Waals surface area contributed by atoms with E-state index in [4.69, 9.17) is 4.74 Å². The third-order valence-electron chi connectivity index (χ3n) is 5.14. The van der Waals surface area contributed by atoms with Gasteiger partial charge in [0.25, 0.3) is 11.6 Å². The molecule has 2 aromatic carbocycles. The summed E-state index contributed by atoms with van der Waals surface area (Å²) in [4.78, 5) is 31.7. The molecular weight excluding hydrogens is 442 g/mol. The van der Waals surface area contributed by atoms with Crippen LogP contribution in [0.2, 0.25) is 0 Å². The van der Waals surface area contributed by atoms with E-state index >= 15 is 0 Å². The number of anilines is 1. The Hall–Kier alpha value is -3.02. The van der Waals surface area contributed by atoms with E-state index in [0.29, 0.717) is 19.6 Å². The number of halogens is 2. The van der Waals surface area contributed by atoms with Gasteiger partial charge in [0, 0.05) is 49.9 Å². The molecule has 2 heterocycles. The highest BCUT2D eigenvalue weighted by Gasteiger charge is 2.24. The number of amides is 1. The number of nitro groups is 1. The van der Waals surface area contributed by atoms with Crippen molar-refractivity contribution >= 4 is 38.3 Å². The molecular formula is C21H20F2N4O4S. The molecule has 0 radical (unpaired) electrons. The van der Waals surface area contributed by atoms with Crippen LogP contribution >= 0.6 is 11.3 Å². The van der Waals surface area contributed by atoms with Gasteiger partial charge in [0.05, 0.1) is 22.8 Å². The molecule has 0 saturated carbocycles. The van der Waals surface area contributed by atoms with E-state index < -0.39 is 22.5 Å². The number of non-ortho nitro benzene ring substituents is 1. The van der Waals surface area contributed by atoms with Crippen molar-refractivity contribution in [1.82, 2.24) is 9.88 Å². The SMILES string of the molecule is O=C(c1cccc([N+](=O)[O-])c1)N(CCCN1CCOCC1)c1nc2c(F)cc(F)cc2s1. The Morgan fingerprint density at radius 3 is 2.78 bits per heavy atom. The molecule has 0 aliphatic carbocycles. The highest BCUT2D eigenvalue weighted by Crippen LogP contribution is 2.32. The van der Waals surface area contributed by atoms with Gasteiger partial charge >= 0.3 is 0 Å². The lowest BCUT2D eigenvalue weighted by molar-refractivity contribution is -0.384. The average molecular weight is 462 g/mol. The molecule has 168 valence electrons. The topological polar surface area (TPSA) is 88.8 Å². The van der Waals surface area contributed by atoms with Crippen LogP contribution in [0.15, 0.2) is 36.4 Å². The van der Waals surface area contributed by atoms with Crippen LogP contribution in [-0.2, 0) is 4.74 Å². The van der Waals surface area contributed by atoms with Crippen molar-refractivity contribution in [3.8, 4) is 0 Å². The molecule has 1 aliphatic heterocycles. The van der Waals surface area contributed by atoms with Gasteiger partial charge in [-0.3, -0.25) is 24.7 Å². The molecule has 8 nitrogen and oxygen atoms in total. The maximum atomic E-state index is 14.2. The minimum atomic E-state index is -0.807. The first-order valence-electron chi connectivity index (χ1n) is 10.0. The van der Waals surface area contributed by atoms with Crippen LogP contribution < -0.4 is 4.90 Å². The second-order valence-electron chi connectivity index (χ2n) is 7.30. The van der Waals surface area contributed by atoms with Crippen LogP contribution in [0.1, 0.15) is 16.8 Å². The summed E-state index contributed by atoms with van der Waals surface area (Å²) in [7, 11) is 0. The van der Waals surface area contributed by atoms with Crippen molar-refractivity contribution in [3.63, 3.8) is 0 Å². The first kappa shape index (κ1) is 22.2. The third kappa shape index (κ3) is 4.90. The fourth-order valence-electron chi connectivity index (χ4n) is 3.53. The zero-order valence-electron chi connectivity index (χ0n) is 17.0. The molecule has 3 aromatic rings. The molecule has 11 heteroatoms. The van der Waals surface area contributed by atoms with Crippen LogP contribution in [0.5, 0.6) is 0 Å². The van der Waals surface area contributed by atoms with Gasteiger partial charge in [-0.1, -0.05) is 17.4 Å². The van der Waals surface area contributed by atoms with Crippen molar-refractivity contribution in [1.29, 1.82) is 0 Å². The fourth-order valence-corrected chi connectivity index (χ4v) is 4.56. The molecule has 1 aromatic heterocycles. The Morgan fingerprint density at radius 2 is 2.03 bits per heavy atom. The summed E-state index contributed by atoms with van der Waals surface area (Å²) in [5.41, 5.74) is -0.102. The van der Waals surface area contributed by atoms with Crippen LogP contribution in [0.3, 0.4) is 0 Å². The van der Waals surface area contributed by atoms with Crippen molar-refractivity contribution in [2.75, 3.05) is 44.3 Å². The molecule has 1 amide bonds. The number of rotatable bonds is 7. The van der Waals surface area contributed by atoms with Gasteiger partial charge in [-0.05, 0) is 18.6 Å². The number of carbonyl (C=O) groups is 1. The Morgan fingerprint density at radius 1 is 1.25 bits per heavy atom. The third-order valence-corrected chi connectivity index (χ3v) is 6.17. The standard InChI is InChI=1S/C21H20F2N4O4S/c22-15-12-17(23)19-18(13-15)32-21(24-19)26(6-2-5-25-7-9-31-10-8-25)20(28)14-3-1-4-16(11-14)27(29)30/h1,3-4,11-13H,2,5-10H2. The lowest BCUT2D eigenvalue weighted by Gasteiger charge is -2.27. The Bertz CT molecular complexity index is 1150. The first-order chi connectivity index (χ1) is 15.4. The number of nitro benzene ring substituents is 1. The minimum absolute atomic E-state index is 0.0172. The Balaban J connectivity index is 1.63. The maximum Gasteiger partial charge on any atom is 0.270 e. The number of nitrogens with zero attached hydrogens (tertiary/aromatic N) is 4. The minimum Gasteiger partial charge on any atom is -0.379 e. The number of thiazole rings is 1. The normalized spacial score (nSPS) is 14.6. The van der Waals surface area contributed by atoms with Crippen LogP contribution in [0.25, 0.3) is 10.2 Å². The predicted octanol–water partition coefficient (Wildman–Crippen LogP) is 3.85. The number of benzene rings is 2. The van der Waals surface area contributed by atoms with Crippen molar-refractivity contribution < 1.29 is 23.2 Å². The number of carbonyl (C=O) groups excluding carboxylic acids is 1. The fraction of sp³-hybridized carbons (Fsp3) is 0.333. The van der Waals surface area contributed by atoms with Crippen LogP contribution in [-0.4, -0.2) is 60.1 Å². The zero-order chi connectivity index (χ0) is 22.7. The number of morpholine rings is 1. The number of aromatic nitrogens is 1. The predicted molar refractivity (Wildman–Crippen MR) is 116 cm³/mol. The second kappa shape index (κ2) is 9.63. The van der Waals surface area contributed by atoms with Gasteiger partial charge in [-0.2, -0.15) is 0 Å².